The minimum atomic E-state index is -1.22. The minimum absolute atomic E-state index is 0.0177. The summed E-state index contributed by atoms with van der Waals surface area (Å²) in [5.74, 6) is -0.516. The van der Waals surface area contributed by atoms with Crippen LogP contribution in [0.3, 0.4) is 0 Å². The molecule has 0 saturated heterocycles. The molecule has 0 fully saturated rings. The van der Waals surface area contributed by atoms with Crippen LogP contribution >= 0.6 is 0 Å². The zero-order valence-corrected chi connectivity index (χ0v) is 20.5. The van der Waals surface area contributed by atoms with Crippen molar-refractivity contribution < 1.29 is 14.6 Å². The molecular formula is C27H23N7O4. The molecule has 0 aliphatic heterocycles. The summed E-state index contributed by atoms with van der Waals surface area (Å²) >= 11 is 0. The van der Waals surface area contributed by atoms with Crippen molar-refractivity contribution in [2.75, 3.05) is 18.2 Å². The number of hydrogen-bond donors (Lipinski definition) is 3. The van der Waals surface area contributed by atoms with Gasteiger partial charge in [0.05, 0.1) is 29.7 Å². The number of carboxylic acid groups (broad SMARTS) is 1. The van der Waals surface area contributed by atoms with Crippen molar-refractivity contribution in [3.8, 4) is 22.7 Å². The molecule has 0 saturated carbocycles. The Balaban J connectivity index is 1.74. The molecule has 0 spiro atoms. The number of nitrogens with one attached hydrogen (secondary N) is 1. The van der Waals surface area contributed by atoms with Crippen molar-refractivity contribution in [1.29, 1.82) is 0 Å². The third kappa shape index (κ3) is 4.48. The molecule has 3 aromatic heterocycles. The van der Waals surface area contributed by atoms with Crippen LogP contribution in [-0.2, 0) is 0 Å². The molecule has 2 aromatic carbocycles. The lowest BCUT2D eigenvalue weighted by molar-refractivity contribution is 0.0697. The maximum Gasteiger partial charge on any atom is 0.341 e. The van der Waals surface area contributed by atoms with Gasteiger partial charge in [0.2, 0.25) is 11.8 Å². The van der Waals surface area contributed by atoms with Crippen molar-refractivity contribution in [3.63, 3.8) is 0 Å². The number of fused-ring (bicyclic) bond motifs is 1. The fourth-order valence-corrected chi connectivity index (χ4v) is 4.23. The van der Waals surface area contributed by atoms with Crippen LogP contribution in [0.15, 0.2) is 77.9 Å². The Bertz CT molecular complexity index is 1720. The number of methoxy groups -OCH3 is 1. The van der Waals surface area contributed by atoms with E-state index < -0.39 is 12.0 Å². The first kappa shape index (κ1) is 24.4. The second-order valence-electron chi connectivity index (χ2n) is 8.39. The first-order valence-electron chi connectivity index (χ1n) is 11.6. The fraction of sp³-hybridized carbons (Fsp3) is 0.111. The van der Waals surface area contributed by atoms with Crippen molar-refractivity contribution in [2.24, 2.45) is 0 Å². The van der Waals surface area contributed by atoms with E-state index >= 15 is 0 Å². The van der Waals surface area contributed by atoms with Crippen LogP contribution in [0.25, 0.3) is 27.7 Å². The zero-order valence-electron chi connectivity index (χ0n) is 20.5. The van der Waals surface area contributed by atoms with Crippen LogP contribution in [0.5, 0.6) is 5.88 Å². The first-order valence-corrected chi connectivity index (χ1v) is 11.6. The highest BCUT2D eigenvalue weighted by Crippen LogP contribution is 2.29. The number of para-hydroxylation sites is 1. The third-order valence-electron chi connectivity index (χ3n) is 5.97. The molecule has 5 rings (SSSR count). The maximum atomic E-state index is 14.2. The summed E-state index contributed by atoms with van der Waals surface area (Å²) in [4.78, 5) is 42.8. The lowest BCUT2D eigenvalue weighted by Crippen LogP contribution is -2.28. The van der Waals surface area contributed by atoms with E-state index in [9.17, 15) is 14.7 Å². The van der Waals surface area contributed by atoms with E-state index in [4.69, 9.17) is 15.5 Å². The number of rotatable bonds is 7. The Morgan fingerprint density at radius 1 is 1.08 bits per heavy atom. The van der Waals surface area contributed by atoms with Crippen LogP contribution in [0, 0.1) is 0 Å². The summed E-state index contributed by atoms with van der Waals surface area (Å²) in [6.45, 7) is 1.76. The fourth-order valence-electron chi connectivity index (χ4n) is 4.23. The van der Waals surface area contributed by atoms with Crippen molar-refractivity contribution in [3.05, 3.63) is 94.8 Å². The molecule has 0 aliphatic rings. The van der Waals surface area contributed by atoms with Crippen LogP contribution < -0.4 is 21.3 Å². The average molecular weight is 510 g/mol. The molecule has 11 nitrogen and oxygen atoms in total. The van der Waals surface area contributed by atoms with Crippen LogP contribution in [0.4, 0.5) is 11.8 Å². The second kappa shape index (κ2) is 9.97. The zero-order chi connectivity index (χ0) is 26.8. The summed E-state index contributed by atoms with van der Waals surface area (Å²) in [6, 6.07) is 17.4. The molecule has 11 heteroatoms. The summed E-state index contributed by atoms with van der Waals surface area (Å²) in [7, 11) is 1.53. The number of aromatic nitrogens is 5. The lowest BCUT2D eigenvalue weighted by Gasteiger charge is -2.21. The van der Waals surface area contributed by atoms with Gasteiger partial charge in [-0.2, -0.15) is 4.98 Å². The predicted octanol–water partition coefficient (Wildman–Crippen LogP) is 3.70. The Labute approximate surface area is 216 Å². The number of anilines is 2. The Morgan fingerprint density at radius 2 is 1.87 bits per heavy atom. The van der Waals surface area contributed by atoms with Gasteiger partial charge in [0.25, 0.3) is 5.56 Å². The molecule has 1 atom stereocenters. The summed E-state index contributed by atoms with van der Waals surface area (Å²) < 4.78 is 6.78. The van der Waals surface area contributed by atoms with Gasteiger partial charge < -0.3 is 20.9 Å². The number of aromatic carboxylic acids is 1. The monoisotopic (exact) mass is 509 g/mol. The van der Waals surface area contributed by atoms with Crippen molar-refractivity contribution in [2.45, 2.75) is 13.0 Å². The number of carboxylic acids is 1. The maximum absolute atomic E-state index is 14.2. The van der Waals surface area contributed by atoms with Crippen LogP contribution in [-0.4, -0.2) is 42.7 Å². The predicted molar refractivity (Wildman–Crippen MR) is 143 cm³/mol. The van der Waals surface area contributed by atoms with E-state index in [1.807, 2.05) is 30.3 Å². The van der Waals surface area contributed by atoms with E-state index in [0.717, 1.165) is 11.8 Å². The largest absolute Gasteiger partial charge is 0.481 e. The van der Waals surface area contributed by atoms with Gasteiger partial charge in [-0.3, -0.25) is 9.36 Å². The highest BCUT2D eigenvalue weighted by atomic mass is 16.5. The molecular weight excluding hydrogens is 486 g/mol. The average Bonchev–Trinajstić information content (AvgIpc) is 2.93. The molecule has 0 amide bonds. The number of benzene rings is 2. The van der Waals surface area contributed by atoms with E-state index in [2.05, 4.69) is 20.3 Å². The summed E-state index contributed by atoms with van der Waals surface area (Å²) in [6.07, 6.45) is 2.75. The second-order valence-corrected chi connectivity index (χ2v) is 8.39. The van der Waals surface area contributed by atoms with E-state index in [0.29, 0.717) is 33.9 Å². The van der Waals surface area contributed by atoms with Gasteiger partial charge in [0.1, 0.15) is 17.2 Å². The first-order chi connectivity index (χ1) is 18.4. The van der Waals surface area contributed by atoms with E-state index in [-0.39, 0.29) is 22.9 Å². The Hall–Kier alpha value is -5.32. The molecule has 1 unspecified atom stereocenters. The normalized spacial score (nSPS) is 11.7. The number of pyridine rings is 1. The molecule has 5 aromatic rings. The van der Waals surface area contributed by atoms with E-state index in [1.165, 1.54) is 11.7 Å². The summed E-state index contributed by atoms with van der Waals surface area (Å²) in [5.41, 5.74) is 7.76. The number of ether oxygens (including phenoxy) is 1. The van der Waals surface area contributed by atoms with Gasteiger partial charge in [-0.1, -0.05) is 30.3 Å². The van der Waals surface area contributed by atoms with Gasteiger partial charge in [0, 0.05) is 18.5 Å². The summed E-state index contributed by atoms with van der Waals surface area (Å²) in [5, 5.41) is 13.1. The highest BCUT2D eigenvalue weighted by Gasteiger charge is 2.22. The Morgan fingerprint density at radius 3 is 2.61 bits per heavy atom. The number of nitrogens with two attached hydrogens (primary N) is 1. The SMILES string of the molecule is COc1cc(-c2cccc3nc(C(C)Nc4nc(N)ncc4C(=O)O)n(-c4ccccc4)c(=O)c23)ccn1. The number of hydrogen-bond acceptors (Lipinski definition) is 9. The van der Waals surface area contributed by atoms with Crippen molar-refractivity contribution in [1.82, 2.24) is 24.5 Å². The lowest BCUT2D eigenvalue weighted by atomic mass is 10.0. The molecule has 38 heavy (non-hydrogen) atoms. The van der Waals surface area contributed by atoms with Gasteiger partial charge in [-0.15, -0.1) is 0 Å². The minimum Gasteiger partial charge on any atom is -0.481 e. The highest BCUT2D eigenvalue weighted by molar-refractivity contribution is 5.95. The smallest absolute Gasteiger partial charge is 0.341 e. The van der Waals surface area contributed by atoms with Gasteiger partial charge in [-0.25, -0.2) is 19.7 Å². The number of nitrogen functional groups attached to an aromatic ring is 1. The molecule has 0 bridgehead atoms. The van der Waals surface area contributed by atoms with Crippen molar-refractivity contribution >= 4 is 28.6 Å². The third-order valence-corrected chi connectivity index (χ3v) is 5.97. The van der Waals surface area contributed by atoms with Gasteiger partial charge in [0.15, 0.2) is 0 Å². The number of nitrogens with zero attached hydrogens (tertiary/aromatic N) is 5. The van der Waals surface area contributed by atoms with Gasteiger partial charge in [-0.05, 0) is 42.3 Å². The number of carbonyl (C=O) groups is 1. The standard InChI is InChI=1S/C27H23N7O4/c1-15(31-23-19(26(36)37)14-30-27(28)33-23)24-32-20-10-6-9-18(16-11-12-29-21(13-16)38-2)22(20)25(35)34(24)17-7-4-3-5-8-17/h3-15H,1-2H3,(H,36,37)(H3,28,30,31,33). The van der Waals surface area contributed by atoms with E-state index in [1.54, 1.807) is 43.5 Å². The topological polar surface area (TPSA) is 158 Å². The Kier molecular flexibility index (Phi) is 6.40. The van der Waals surface area contributed by atoms with Gasteiger partial charge >= 0.3 is 5.97 Å². The molecule has 0 aliphatic carbocycles. The molecule has 0 radical (unpaired) electrons. The van der Waals surface area contributed by atoms with Crippen LogP contribution in [0.2, 0.25) is 0 Å². The van der Waals surface area contributed by atoms with Crippen LogP contribution in [0.1, 0.15) is 29.1 Å². The molecule has 3 heterocycles. The quantitative estimate of drug-likeness (QED) is 0.295. The molecule has 190 valence electrons. The molecule has 4 N–H and O–H groups in total.